The van der Waals surface area contributed by atoms with E-state index in [1.165, 1.54) is 12.0 Å². The molecule has 3 saturated heterocycles. The minimum atomic E-state index is 0.214. The first-order valence-electron chi connectivity index (χ1n) is 10.1. The van der Waals surface area contributed by atoms with E-state index in [0.717, 1.165) is 77.3 Å². The molecule has 0 atom stereocenters. The number of nitrogens with one attached hydrogen (secondary N) is 1. The molecule has 1 aromatic carbocycles. The number of nitrogens with zero attached hydrogens (tertiary/aromatic N) is 3. The van der Waals surface area contributed by atoms with Crippen molar-refractivity contribution in [1.29, 1.82) is 0 Å². The van der Waals surface area contributed by atoms with E-state index in [4.69, 9.17) is 0 Å². The molecule has 0 radical (unpaired) electrons. The maximum Gasteiger partial charge on any atom is 0.253 e. The minimum absolute atomic E-state index is 0.214. The SMILES string of the molecule is CN1CCN(Cc2cccc(C(=O)N3CCC4(CCNC4)CC3)c2)CC1. The van der Waals surface area contributed by atoms with Crippen LogP contribution in [0.25, 0.3) is 0 Å². The fourth-order valence-electron chi connectivity index (χ4n) is 4.66. The van der Waals surface area contributed by atoms with Crippen molar-refractivity contribution in [3.8, 4) is 0 Å². The van der Waals surface area contributed by atoms with E-state index < -0.39 is 0 Å². The summed E-state index contributed by atoms with van der Waals surface area (Å²) >= 11 is 0. The van der Waals surface area contributed by atoms with Crippen LogP contribution in [0.3, 0.4) is 0 Å². The fraction of sp³-hybridized carbons (Fsp3) is 0.667. The molecule has 1 spiro atoms. The third-order valence-electron chi connectivity index (χ3n) is 6.62. The lowest BCUT2D eigenvalue weighted by Crippen LogP contribution is -2.44. The Morgan fingerprint density at radius 3 is 2.54 bits per heavy atom. The third kappa shape index (κ3) is 3.95. The molecule has 0 bridgehead atoms. The standard InChI is InChI=1S/C21H32N4O/c1-23-11-13-24(14-12-23)16-18-3-2-4-19(15-18)20(26)25-9-6-21(7-10-25)5-8-22-17-21/h2-4,15,22H,5-14,16-17H2,1H3. The first kappa shape index (κ1) is 18.0. The monoisotopic (exact) mass is 356 g/mol. The van der Waals surface area contributed by atoms with Crippen LogP contribution in [0.4, 0.5) is 0 Å². The highest BCUT2D eigenvalue weighted by Gasteiger charge is 2.38. The molecule has 26 heavy (non-hydrogen) atoms. The Morgan fingerprint density at radius 2 is 1.85 bits per heavy atom. The molecular formula is C21H32N4O. The number of piperidine rings is 1. The zero-order valence-electron chi connectivity index (χ0n) is 16.0. The second kappa shape index (κ2) is 7.67. The molecule has 0 aromatic heterocycles. The summed E-state index contributed by atoms with van der Waals surface area (Å²) in [4.78, 5) is 19.9. The number of piperazine rings is 1. The lowest BCUT2D eigenvalue weighted by atomic mass is 9.78. The zero-order chi connectivity index (χ0) is 18.0. The molecule has 0 unspecified atom stereocenters. The van der Waals surface area contributed by atoms with Crippen LogP contribution in [-0.2, 0) is 6.54 Å². The van der Waals surface area contributed by atoms with Crippen LogP contribution in [0.5, 0.6) is 0 Å². The van der Waals surface area contributed by atoms with Gasteiger partial charge in [0.05, 0.1) is 0 Å². The lowest BCUT2D eigenvalue weighted by Gasteiger charge is -2.39. The fourth-order valence-corrected chi connectivity index (χ4v) is 4.66. The Balaban J connectivity index is 1.36. The first-order chi connectivity index (χ1) is 12.6. The topological polar surface area (TPSA) is 38.8 Å². The number of rotatable bonds is 3. The lowest BCUT2D eigenvalue weighted by molar-refractivity contribution is 0.0607. The van der Waals surface area contributed by atoms with E-state index >= 15 is 0 Å². The van der Waals surface area contributed by atoms with Crippen LogP contribution >= 0.6 is 0 Å². The normalized spacial score (nSPS) is 24.3. The predicted molar refractivity (Wildman–Crippen MR) is 104 cm³/mol. The Kier molecular flexibility index (Phi) is 5.30. The highest BCUT2D eigenvalue weighted by molar-refractivity contribution is 5.94. The van der Waals surface area contributed by atoms with Gasteiger partial charge in [-0.25, -0.2) is 0 Å². The second-order valence-corrected chi connectivity index (χ2v) is 8.50. The van der Waals surface area contributed by atoms with Crippen molar-refractivity contribution in [3.63, 3.8) is 0 Å². The number of amides is 1. The van der Waals surface area contributed by atoms with E-state index in [2.05, 4.69) is 39.2 Å². The van der Waals surface area contributed by atoms with Crippen LogP contribution in [0.15, 0.2) is 24.3 Å². The van der Waals surface area contributed by atoms with E-state index in [0.29, 0.717) is 5.41 Å². The van der Waals surface area contributed by atoms with Crippen molar-refractivity contribution in [2.24, 2.45) is 5.41 Å². The van der Waals surface area contributed by atoms with E-state index in [1.54, 1.807) is 0 Å². The largest absolute Gasteiger partial charge is 0.339 e. The maximum absolute atomic E-state index is 13.0. The summed E-state index contributed by atoms with van der Waals surface area (Å²) in [7, 11) is 2.18. The van der Waals surface area contributed by atoms with Crippen molar-refractivity contribution in [2.45, 2.75) is 25.8 Å². The molecule has 3 heterocycles. The smallest absolute Gasteiger partial charge is 0.253 e. The number of hydrogen-bond donors (Lipinski definition) is 1. The van der Waals surface area contributed by atoms with Gasteiger partial charge in [0, 0.05) is 57.9 Å². The second-order valence-electron chi connectivity index (χ2n) is 8.50. The van der Waals surface area contributed by atoms with Crippen LogP contribution in [0.1, 0.15) is 35.2 Å². The molecule has 3 aliphatic heterocycles. The minimum Gasteiger partial charge on any atom is -0.339 e. The molecule has 1 amide bonds. The van der Waals surface area contributed by atoms with Gasteiger partial charge in [0.15, 0.2) is 0 Å². The van der Waals surface area contributed by atoms with E-state index in [9.17, 15) is 4.79 Å². The van der Waals surface area contributed by atoms with Crippen molar-refractivity contribution < 1.29 is 4.79 Å². The number of likely N-dealkylation sites (N-methyl/N-ethyl adjacent to an activating group) is 1. The van der Waals surface area contributed by atoms with Crippen LogP contribution in [0, 0.1) is 5.41 Å². The number of benzene rings is 1. The summed E-state index contributed by atoms with van der Waals surface area (Å²) in [5.41, 5.74) is 2.58. The Labute approximate surface area is 157 Å². The summed E-state index contributed by atoms with van der Waals surface area (Å²) in [6.45, 7) is 9.51. The third-order valence-corrected chi connectivity index (χ3v) is 6.62. The van der Waals surface area contributed by atoms with Crippen molar-refractivity contribution in [2.75, 3.05) is 59.4 Å². The summed E-state index contributed by atoms with van der Waals surface area (Å²) in [6.07, 6.45) is 3.56. The van der Waals surface area contributed by atoms with Gasteiger partial charge < -0.3 is 15.1 Å². The van der Waals surface area contributed by atoms with Gasteiger partial charge in [-0.2, -0.15) is 0 Å². The summed E-state index contributed by atoms with van der Waals surface area (Å²) in [5, 5.41) is 3.50. The average Bonchev–Trinajstić information content (AvgIpc) is 3.12. The molecule has 5 nitrogen and oxygen atoms in total. The number of carbonyl (C=O) groups excluding carboxylic acids is 1. The molecule has 3 fully saturated rings. The van der Waals surface area contributed by atoms with Gasteiger partial charge in [-0.1, -0.05) is 12.1 Å². The van der Waals surface area contributed by atoms with Crippen LogP contribution < -0.4 is 5.32 Å². The number of likely N-dealkylation sites (tertiary alicyclic amines) is 1. The van der Waals surface area contributed by atoms with Gasteiger partial charge >= 0.3 is 0 Å². The number of hydrogen-bond acceptors (Lipinski definition) is 4. The molecule has 0 saturated carbocycles. The quantitative estimate of drug-likeness (QED) is 0.894. The Morgan fingerprint density at radius 1 is 1.08 bits per heavy atom. The molecule has 1 aromatic rings. The van der Waals surface area contributed by atoms with Gasteiger partial charge in [-0.15, -0.1) is 0 Å². The molecule has 1 N–H and O–H groups in total. The molecular weight excluding hydrogens is 324 g/mol. The van der Waals surface area contributed by atoms with Gasteiger partial charge in [-0.05, 0) is 56.0 Å². The van der Waals surface area contributed by atoms with Crippen molar-refractivity contribution in [3.05, 3.63) is 35.4 Å². The zero-order valence-corrected chi connectivity index (χ0v) is 16.0. The maximum atomic E-state index is 13.0. The molecule has 5 heteroatoms. The molecule has 3 aliphatic rings. The van der Waals surface area contributed by atoms with Gasteiger partial charge in [0.25, 0.3) is 5.91 Å². The van der Waals surface area contributed by atoms with Crippen molar-refractivity contribution >= 4 is 5.91 Å². The molecule has 4 rings (SSSR count). The molecule has 0 aliphatic carbocycles. The highest BCUT2D eigenvalue weighted by atomic mass is 16.2. The van der Waals surface area contributed by atoms with Gasteiger partial charge in [0.2, 0.25) is 0 Å². The van der Waals surface area contributed by atoms with E-state index in [1.807, 2.05) is 12.1 Å². The number of carbonyl (C=O) groups is 1. The van der Waals surface area contributed by atoms with Crippen LogP contribution in [-0.4, -0.2) is 80.0 Å². The van der Waals surface area contributed by atoms with Crippen molar-refractivity contribution in [1.82, 2.24) is 20.0 Å². The predicted octanol–water partition coefficient (Wildman–Crippen LogP) is 1.65. The van der Waals surface area contributed by atoms with Crippen LogP contribution in [0.2, 0.25) is 0 Å². The van der Waals surface area contributed by atoms with Gasteiger partial charge in [0.1, 0.15) is 0 Å². The Hall–Kier alpha value is -1.43. The van der Waals surface area contributed by atoms with Gasteiger partial charge in [-0.3, -0.25) is 9.69 Å². The molecule has 142 valence electrons. The highest BCUT2D eigenvalue weighted by Crippen LogP contribution is 2.37. The first-order valence-corrected chi connectivity index (χ1v) is 10.1. The summed E-state index contributed by atoms with van der Waals surface area (Å²) in [5.74, 6) is 0.214. The average molecular weight is 357 g/mol. The summed E-state index contributed by atoms with van der Waals surface area (Å²) < 4.78 is 0. The van der Waals surface area contributed by atoms with E-state index in [-0.39, 0.29) is 5.91 Å². The summed E-state index contributed by atoms with van der Waals surface area (Å²) in [6, 6.07) is 8.30. The Bertz CT molecular complexity index is 623.